The Kier molecular flexibility index (Phi) is 5.33. The van der Waals surface area contributed by atoms with Gasteiger partial charge in [0.15, 0.2) is 0 Å². The number of hydrogen-bond donors (Lipinski definition) is 3. The Bertz CT molecular complexity index is 323. The average molecular weight is 266 g/mol. The highest BCUT2D eigenvalue weighted by atomic mass is 32.2. The van der Waals surface area contributed by atoms with Crippen LogP contribution in [0.2, 0.25) is 0 Å². The monoisotopic (exact) mass is 266 g/mol. The zero-order valence-corrected chi connectivity index (χ0v) is 11.2. The van der Waals surface area contributed by atoms with E-state index in [1.807, 2.05) is 13.8 Å². The van der Waals surface area contributed by atoms with Crippen molar-refractivity contribution in [1.82, 2.24) is 9.03 Å². The average Bonchev–Trinajstić information content (AvgIpc) is 2.24. The molecule has 1 fully saturated rings. The molecule has 3 unspecified atom stereocenters. The fourth-order valence-corrected chi connectivity index (χ4v) is 3.65. The quantitative estimate of drug-likeness (QED) is 0.605. The van der Waals surface area contributed by atoms with Crippen molar-refractivity contribution in [3.63, 3.8) is 0 Å². The van der Waals surface area contributed by atoms with Crippen molar-refractivity contribution in [2.45, 2.75) is 26.4 Å². The highest BCUT2D eigenvalue weighted by molar-refractivity contribution is 7.87. The molecule has 1 saturated heterocycles. The number of piperidine rings is 1. The normalized spacial score (nSPS) is 29.2. The largest absolute Gasteiger partial charge is 0.394 e. The van der Waals surface area contributed by atoms with Gasteiger partial charge in [-0.2, -0.15) is 17.4 Å². The molecule has 1 aliphatic rings. The van der Waals surface area contributed by atoms with Gasteiger partial charge >= 0.3 is 0 Å². The molecule has 0 saturated carbocycles. The van der Waals surface area contributed by atoms with Gasteiger partial charge in [-0.25, -0.2) is 0 Å². The summed E-state index contributed by atoms with van der Waals surface area (Å²) in [6.45, 7) is 4.47. The molecule has 102 valence electrons. The predicted octanol–water partition coefficient (Wildman–Crippen LogP) is -0.848. The molecule has 1 aliphatic heterocycles. The minimum Gasteiger partial charge on any atom is -0.394 e. The molecular formula is C10H22N2O4S. The third-order valence-corrected chi connectivity index (χ3v) is 4.40. The molecule has 0 aliphatic carbocycles. The molecule has 0 spiro atoms. The van der Waals surface area contributed by atoms with E-state index in [-0.39, 0.29) is 6.54 Å². The van der Waals surface area contributed by atoms with E-state index < -0.39 is 22.9 Å². The van der Waals surface area contributed by atoms with Gasteiger partial charge in [-0.15, -0.1) is 0 Å². The molecule has 3 atom stereocenters. The summed E-state index contributed by atoms with van der Waals surface area (Å²) in [7, 11) is -3.54. The Labute approximate surface area is 103 Å². The zero-order chi connectivity index (χ0) is 13.1. The lowest BCUT2D eigenvalue weighted by atomic mass is 9.94. The molecule has 0 aromatic heterocycles. The smallest absolute Gasteiger partial charge is 0.279 e. The standard InChI is InChI=1S/C10H22N2O4S/c1-8-3-9(2)6-12(5-8)17(15,16)11-4-10(14)7-13/h8-11,13-14H,3-7H2,1-2H3. The summed E-state index contributed by atoms with van der Waals surface area (Å²) in [5.74, 6) is 0.691. The minimum absolute atomic E-state index is 0.155. The van der Waals surface area contributed by atoms with Crippen LogP contribution in [0.5, 0.6) is 0 Å². The van der Waals surface area contributed by atoms with Crippen molar-refractivity contribution in [3.8, 4) is 0 Å². The second-order valence-electron chi connectivity index (χ2n) is 4.95. The van der Waals surface area contributed by atoms with E-state index >= 15 is 0 Å². The van der Waals surface area contributed by atoms with E-state index in [0.717, 1.165) is 6.42 Å². The molecule has 17 heavy (non-hydrogen) atoms. The van der Waals surface area contributed by atoms with Crippen LogP contribution in [0.15, 0.2) is 0 Å². The van der Waals surface area contributed by atoms with Gasteiger partial charge in [0, 0.05) is 19.6 Å². The summed E-state index contributed by atoms with van der Waals surface area (Å²) in [5, 5.41) is 17.8. The lowest BCUT2D eigenvalue weighted by Gasteiger charge is -2.34. The summed E-state index contributed by atoms with van der Waals surface area (Å²) >= 11 is 0. The first-order chi connectivity index (χ1) is 7.85. The molecule has 0 bridgehead atoms. The number of rotatable bonds is 5. The van der Waals surface area contributed by atoms with Crippen molar-refractivity contribution in [2.24, 2.45) is 11.8 Å². The van der Waals surface area contributed by atoms with Crippen molar-refractivity contribution in [2.75, 3.05) is 26.2 Å². The zero-order valence-electron chi connectivity index (χ0n) is 10.3. The summed E-state index contributed by atoms with van der Waals surface area (Å²) < 4.78 is 27.6. The minimum atomic E-state index is -3.54. The predicted molar refractivity (Wildman–Crippen MR) is 64.5 cm³/mol. The third kappa shape index (κ3) is 4.51. The third-order valence-electron chi connectivity index (χ3n) is 2.89. The number of nitrogens with zero attached hydrogens (tertiary/aromatic N) is 1. The SMILES string of the molecule is CC1CC(C)CN(S(=O)(=O)NCC(O)CO)C1. The number of nitrogens with one attached hydrogen (secondary N) is 1. The van der Waals surface area contributed by atoms with E-state index in [9.17, 15) is 8.42 Å². The summed E-state index contributed by atoms with van der Waals surface area (Å²) in [4.78, 5) is 0. The molecule has 0 aromatic carbocycles. The van der Waals surface area contributed by atoms with Crippen LogP contribution in [0, 0.1) is 11.8 Å². The maximum absolute atomic E-state index is 11.9. The molecule has 7 heteroatoms. The number of hydrogen-bond acceptors (Lipinski definition) is 4. The van der Waals surface area contributed by atoms with Crippen LogP contribution < -0.4 is 4.72 Å². The van der Waals surface area contributed by atoms with Gasteiger partial charge in [-0.3, -0.25) is 0 Å². The van der Waals surface area contributed by atoms with Gasteiger partial charge in [0.1, 0.15) is 0 Å². The highest BCUT2D eigenvalue weighted by Crippen LogP contribution is 2.22. The number of aliphatic hydroxyl groups excluding tert-OH is 2. The maximum Gasteiger partial charge on any atom is 0.279 e. The van der Waals surface area contributed by atoms with E-state index in [1.165, 1.54) is 4.31 Å². The van der Waals surface area contributed by atoms with Crippen LogP contribution in [0.25, 0.3) is 0 Å². The summed E-state index contributed by atoms with van der Waals surface area (Å²) in [5.41, 5.74) is 0. The van der Waals surface area contributed by atoms with Crippen LogP contribution in [0.3, 0.4) is 0 Å². The molecule has 1 heterocycles. The van der Waals surface area contributed by atoms with Crippen molar-refractivity contribution in [3.05, 3.63) is 0 Å². The van der Waals surface area contributed by atoms with E-state index in [2.05, 4.69) is 4.72 Å². The fourth-order valence-electron chi connectivity index (χ4n) is 2.16. The molecule has 3 N–H and O–H groups in total. The van der Waals surface area contributed by atoms with E-state index in [0.29, 0.717) is 24.9 Å². The Morgan fingerprint density at radius 1 is 1.35 bits per heavy atom. The maximum atomic E-state index is 11.9. The van der Waals surface area contributed by atoms with Crippen LogP contribution in [-0.2, 0) is 10.2 Å². The molecule has 6 nitrogen and oxygen atoms in total. The topological polar surface area (TPSA) is 89.9 Å². The van der Waals surface area contributed by atoms with E-state index in [4.69, 9.17) is 10.2 Å². The second kappa shape index (κ2) is 6.10. The van der Waals surface area contributed by atoms with Gasteiger partial charge < -0.3 is 10.2 Å². The van der Waals surface area contributed by atoms with Crippen molar-refractivity contribution >= 4 is 10.2 Å². The van der Waals surface area contributed by atoms with Crippen LogP contribution in [-0.4, -0.2) is 55.3 Å². The molecular weight excluding hydrogens is 244 g/mol. The first-order valence-electron chi connectivity index (χ1n) is 5.88. The van der Waals surface area contributed by atoms with Crippen molar-refractivity contribution < 1.29 is 18.6 Å². The molecule has 1 rings (SSSR count). The summed E-state index contributed by atoms with van der Waals surface area (Å²) in [6, 6.07) is 0. The number of aliphatic hydroxyl groups is 2. The van der Waals surface area contributed by atoms with Crippen LogP contribution >= 0.6 is 0 Å². The first kappa shape index (κ1) is 14.8. The van der Waals surface area contributed by atoms with Gasteiger partial charge in [0.05, 0.1) is 12.7 Å². The first-order valence-corrected chi connectivity index (χ1v) is 7.32. The second-order valence-corrected chi connectivity index (χ2v) is 6.71. The fraction of sp³-hybridized carbons (Fsp3) is 1.00. The van der Waals surface area contributed by atoms with E-state index in [1.54, 1.807) is 0 Å². The Balaban J connectivity index is 2.57. The molecule has 0 aromatic rings. The molecule has 0 amide bonds. The van der Waals surface area contributed by atoms with Crippen molar-refractivity contribution in [1.29, 1.82) is 0 Å². The van der Waals surface area contributed by atoms with Gasteiger partial charge in [0.2, 0.25) is 0 Å². The Morgan fingerprint density at radius 2 is 1.88 bits per heavy atom. The van der Waals surface area contributed by atoms with Crippen LogP contribution in [0.4, 0.5) is 0 Å². The Morgan fingerprint density at radius 3 is 2.35 bits per heavy atom. The van der Waals surface area contributed by atoms with Crippen LogP contribution in [0.1, 0.15) is 20.3 Å². The lowest BCUT2D eigenvalue weighted by Crippen LogP contribution is -2.49. The lowest BCUT2D eigenvalue weighted by molar-refractivity contribution is 0.0981. The highest BCUT2D eigenvalue weighted by Gasteiger charge is 2.30. The molecule has 0 radical (unpaired) electrons. The summed E-state index contributed by atoms with van der Waals surface area (Å²) in [6.07, 6.45) is -0.0184. The van der Waals surface area contributed by atoms with Gasteiger partial charge in [0.25, 0.3) is 10.2 Å². The van der Waals surface area contributed by atoms with Gasteiger partial charge in [-0.1, -0.05) is 13.8 Å². The van der Waals surface area contributed by atoms with Gasteiger partial charge in [-0.05, 0) is 18.3 Å². The Hall–Kier alpha value is -0.210.